The minimum atomic E-state index is 0.143. The lowest BCUT2D eigenvalue weighted by atomic mass is 10.0. The van der Waals surface area contributed by atoms with Crippen LogP contribution in [-0.4, -0.2) is 15.6 Å². The van der Waals surface area contributed by atoms with Gasteiger partial charge in [-0.3, -0.25) is 9.48 Å². The first-order valence-corrected chi connectivity index (χ1v) is 4.65. The Morgan fingerprint density at radius 1 is 1.69 bits per heavy atom. The molecular weight excluding hydrogens is 164 g/mol. The fourth-order valence-electron chi connectivity index (χ4n) is 1.10. The van der Waals surface area contributed by atoms with E-state index in [1.54, 1.807) is 10.9 Å². The summed E-state index contributed by atoms with van der Waals surface area (Å²) in [6.45, 7) is 6.36. The summed E-state index contributed by atoms with van der Waals surface area (Å²) in [6, 6.07) is 0. The predicted molar refractivity (Wildman–Crippen MR) is 51.4 cm³/mol. The number of aromatic nitrogens is 2. The van der Waals surface area contributed by atoms with Crippen LogP contribution in [-0.2, 0) is 11.3 Å². The molecule has 1 rings (SSSR count). The summed E-state index contributed by atoms with van der Waals surface area (Å²) >= 11 is 0. The van der Waals surface area contributed by atoms with E-state index in [9.17, 15) is 4.79 Å². The summed E-state index contributed by atoms with van der Waals surface area (Å²) in [5.74, 6) is 0.398. The molecule has 3 nitrogen and oxygen atoms in total. The standard InChI is InChI=1S/C10H16N2O/c1-4-9(3)10(13)7-12-6-8(2)5-11-12/h5-6,9H,4,7H2,1-3H3. The Hall–Kier alpha value is -1.12. The van der Waals surface area contributed by atoms with E-state index in [1.807, 2.05) is 27.0 Å². The molecule has 0 aliphatic heterocycles. The summed E-state index contributed by atoms with van der Waals surface area (Å²) in [5, 5.41) is 4.07. The lowest BCUT2D eigenvalue weighted by molar-refractivity contribution is -0.123. The molecule has 0 saturated heterocycles. The van der Waals surface area contributed by atoms with Gasteiger partial charge in [-0.25, -0.2) is 0 Å². The van der Waals surface area contributed by atoms with E-state index in [1.165, 1.54) is 0 Å². The Balaban J connectivity index is 2.54. The largest absolute Gasteiger partial charge is 0.297 e. The molecule has 13 heavy (non-hydrogen) atoms. The summed E-state index contributed by atoms with van der Waals surface area (Å²) < 4.78 is 1.70. The van der Waals surface area contributed by atoms with Crippen molar-refractivity contribution in [3.05, 3.63) is 18.0 Å². The van der Waals surface area contributed by atoms with Crippen molar-refractivity contribution >= 4 is 5.78 Å². The Morgan fingerprint density at radius 2 is 2.38 bits per heavy atom. The van der Waals surface area contributed by atoms with Gasteiger partial charge in [0.2, 0.25) is 0 Å². The zero-order chi connectivity index (χ0) is 9.84. The Morgan fingerprint density at radius 3 is 2.85 bits per heavy atom. The number of nitrogens with zero attached hydrogens (tertiary/aromatic N) is 2. The molecule has 0 amide bonds. The minimum Gasteiger partial charge on any atom is -0.297 e. The molecule has 0 spiro atoms. The molecule has 1 aromatic heterocycles. The topological polar surface area (TPSA) is 34.9 Å². The molecule has 1 heterocycles. The van der Waals surface area contributed by atoms with Gasteiger partial charge in [0, 0.05) is 12.1 Å². The fraction of sp³-hybridized carbons (Fsp3) is 0.600. The maximum Gasteiger partial charge on any atom is 0.157 e. The van der Waals surface area contributed by atoms with Crippen LogP contribution >= 0.6 is 0 Å². The van der Waals surface area contributed by atoms with Crippen molar-refractivity contribution < 1.29 is 4.79 Å². The zero-order valence-corrected chi connectivity index (χ0v) is 8.45. The highest BCUT2D eigenvalue weighted by Crippen LogP contribution is 2.04. The Labute approximate surface area is 78.8 Å². The van der Waals surface area contributed by atoms with Crippen molar-refractivity contribution in [3.8, 4) is 0 Å². The molecule has 0 aromatic carbocycles. The summed E-state index contributed by atoms with van der Waals surface area (Å²) in [5.41, 5.74) is 1.09. The average Bonchev–Trinajstić information content (AvgIpc) is 2.49. The third kappa shape index (κ3) is 2.68. The van der Waals surface area contributed by atoms with E-state index in [0.29, 0.717) is 6.54 Å². The molecule has 3 heteroatoms. The monoisotopic (exact) mass is 180 g/mol. The first-order valence-electron chi connectivity index (χ1n) is 4.65. The van der Waals surface area contributed by atoms with Crippen LogP contribution in [0, 0.1) is 12.8 Å². The molecule has 0 aliphatic carbocycles. The van der Waals surface area contributed by atoms with Crippen molar-refractivity contribution in [1.82, 2.24) is 9.78 Å². The Kier molecular flexibility index (Phi) is 3.23. The number of hydrogen-bond acceptors (Lipinski definition) is 2. The van der Waals surface area contributed by atoms with Crippen molar-refractivity contribution in [1.29, 1.82) is 0 Å². The van der Waals surface area contributed by atoms with Gasteiger partial charge in [-0.1, -0.05) is 13.8 Å². The highest BCUT2D eigenvalue weighted by molar-refractivity contribution is 5.80. The van der Waals surface area contributed by atoms with Crippen LogP contribution in [0.4, 0.5) is 0 Å². The SMILES string of the molecule is CCC(C)C(=O)Cn1cc(C)cn1. The molecule has 0 saturated carbocycles. The lowest BCUT2D eigenvalue weighted by Crippen LogP contribution is -2.17. The molecular formula is C10H16N2O. The number of rotatable bonds is 4. The van der Waals surface area contributed by atoms with Gasteiger partial charge in [-0.05, 0) is 18.9 Å². The zero-order valence-electron chi connectivity index (χ0n) is 8.45. The quantitative estimate of drug-likeness (QED) is 0.708. The van der Waals surface area contributed by atoms with E-state index in [4.69, 9.17) is 0 Å². The number of hydrogen-bond donors (Lipinski definition) is 0. The number of Topliss-reactive ketones (excluding diaryl/α,β-unsaturated/α-hetero) is 1. The maximum absolute atomic E-state index is 11.5. The molecule has 0 bridgehead atoms. The second kappa shape index (κ2) is 4.21. The number of carbonyl (C=O) groups is 1. The second-order valence-electron chi connectivity index (χ2n) is 3.49. The normalized spacial score (nSPS) is 12.8. The molecule has 0 radical (unpaired) electrons. The van der Waals surface area contributed by atoms with Crippen LogP contribution in [0.25, 0.3) is 0 Å². The van der Waals surface area contributed by atoms with E-state index >= 15 is 0 Å². The third-order valence-electron chi connectivity index (χ3n) is 2.24. The van der Waals surface area contributed by atoms with Crippen LogP contribution in [0.3, 0.4) is 0 Å². The van der Waals surface area contributed by atoms with Crippen molar-refractivity contribution in [2.75, 3.05) is 0 Å². The van der Waals surface area contributed by atoms with E-state index < -0.39 is 0 Å². The van der Waals surface area contributed by atoms with Gasteiger partial charge >= 0.3 is 0 Å². The van der Waals surface area contributed by atoms with Crippen molar-refractivity contribution in [3.63, 3.8) is 0 Å². The first kappa shape index (κ1) is 9.96. The van der Waals surface area contributed by atoms with E-state index in [0.717, 1.165) is 12.0 Å². The Bertz CT molecular complexity index is 291. The molecule has 1 unspecified atom stereocenters. The van der Waals surface area contributed by atoms with Crippen molar-refractivity contribution in [2.24, 2.45) is 5.92 Å². The third-order valence-corrected chi connectivity index (χ3v) is 2.24. The van der Waals surface area contributed by atoms with E-state index in [-0.39, 0.29) is 11.7 Å². The molecule has 0 N–H and O–H groups in total. The molecule has 1 atom stereocenters. The summed E-state index contributed by atoms with van der Waals surface area (Å²) in [4.78, 5) is 11.5. The van der Waals surface area contributed by atoms with Crippen LogP contribution in [0.5, 0.6) is 0 Å². The highest BCUT2D eigenvalue weighted by atomic mass is 16.1. The smallest absolute Gasteiger partial charge is 0.157 e. The number of aryl methyl sites for hydroxylation is 1. The second-order valence-corrected chi connectivity index (χ2v) is 3.49. The van der Waals surface area contributed by atoms with Crippen molar-refractivity contribution in [2.45, 2.75) is 33.7 Å². The first-order chi connectivity index (χ1) is 6.13. The van der Waals surface area contributed by atoms with Gasteiger partial charge in [-0.15, -0.1) is 0 Å². The predicted octanol–water partition coefficient (Wildman–Crippen LogP) is 1.81. The number of carbonyl (C=O) groups excluding carboxylic acids is 1. The van der Waals surface area contributed by atoms with Gasteiger partial charge in [-0.2, -0.15) is 5.10 Å². The summed E-state index contributed by atoms with van der Waals surface area (Å²) in [6.07, 6.45) is 4.56. The van der Waals surface area contributed by atoms with Crippen LogP contribution < -0.4 is 0 Å². The molecule has 1 aromatic rings. The molecule has 0 aliphatic rings. The minimum absolute atomic E-state index is 0.143. The maximum atomic E-state index is 11.5. The van der Waals surface area contributed by atoms with Crippen LogP contribution in [0.2, 0.25) is 0 Å². The van der Waals surface area contributed by atoms with Gasteiger partial charge in [0.1, 0.15) is 0 Å². The van der Waals surface area contributed by atoms with E-state index in [2.05, 4.69) is 5.10 Å². The van der Waals surface area contributed by atoms with Gasteiger partial charge in [0.15, 0.2) is 5.78 Å². The van der Waals surface area contributed by atoms with Gasteiger partial charge < -0.3 is 0 Å². The molecule has 0 fully saturated rings. The fourth-order valence-corrected chi connectivity index (χ4v) is 1.10. The highest BCUT2D eigenvalue weighted by Gasteiger charge is 2.10. The van der Waals surface area contributed by atoms with Crippen LogP contribution in [0.1, 0.15) is 25.8 Å². The number of ketones is 1. The average molecular weight is 180 g/mol. The van der Waals surface area contributed by atoms with Gasteiger partial charge in [0.05, 0.1) is 12.7 Å². The molecule has 72 valence electrons. The lowest BCUT2D eigenvalue weighted by Gasteiger charge is -2.06. The van der Waals surface area contributed by atoms with Gasteiger partial charge in [0.25, 0.3) is 0 Å². The summed E-state index contributed by atoms with van der Waals surface area (Å²) in [7, 11) is 0. The van der Waals surface area contributed by atoms with Crippen LogP contribution in [0.15, 0.2) is 12.4 Å².